The van der Waals surface area contributed by atoms with Crippen LogP contribution in [0.1, 0.15) is 24.1 Å². The van der Waals surface area contributed by atoms with Crippen molar-refractivity contribution in [2.75, 3.05) is 39.8 Å². The minimum Gasteiger partial charge on any atom is -0.481 e. The largest absolute Gasteiger partial charge is 0.481 e. The van der Waals surface area contributed by atoms with Gasteiger partial charge in [0.1, 0.15) is 17.3 Å². The number of nitrogens with one attached hydrogen (secondary N) is 1. The zero-order chi connectivity index (χ0) is 35.8. The second kappa shape index (κ2) is 14.4. The molecular formula is C36H34Cl2N8O5. The second-order valence-electron chi connectivity index (χ2n) is 12.7. The third-order valence-electron chi connectivity index (χ3n) is 9.49. The lowest BCUT2D eigenvalue weighted by atomic mass is 9.99. The van der Waals surface area contributed by atoms with E-state index >= 15 is 0 Å². The van der Waals surface area contributed by atoms with Crippen LogP contribution in [0.3, 0.4) is 0 Å². The number of aliphatic hydroxyl groups is 1. The summed E-state index contributed by atoms with van der Waals surface area (Å²) >= 11 is 14.1. The molecule has 3 aromatic heterocycles. The van der Waals surface area contributed by atoms with E-state index in [1.54, 1.807) is 36.2 Å². The van der Waals surface area contributed by atoms with Crippen LogP contribution in [0.5, 0.6) is 5.88 Å². The smallest absolute Gasteiger partial charge is 0.307 e. The monoisotopic (exact) mass is 728 g/mol. The number of nitriles is 1. The van der Waals surface area contributed by atoms with Crippen LogP contribution in [0.4, 0.5) is 0 Å². The minimum absolute atomic E-state index is 0.0663. The van der Waals surface area contributed by atoms with Gasteiger partial charge in [-0.2, -0.15) is 5.26 Å². The van der Waals surface area contributed by atoms with Crippen LogP contribution in [-0.4, -0.2) is 91.4 Å². The van der Waals surface area contributed by atoms with Gasteiger partial charge in [-0.3, -0.25) is 20.1 Å². The number of β-amino-alcohol motifs (C(OH)–C–C–N with tert-alkyl or cyclic N) is 1. The van der Waals surface area contributed by atoms with Crippen molar-refractivity contribution < 1.29 is 24.2 Å². The Kier molecular flexibility index (Phi) is 9.78. The molecule has 7 rings (SSSR count). The molecule has 13 nitrogen and oxygen atoms in total. The zero-order valence-electron chi connectivity index (χ0n) is 27.6. The number of hydrogen-bond acceptors (Lipinski definition) is 11. The molecule has 2 aromatic carbocycles. The number of oxazole rings is 1. The summed E-state index contributed by atoms with van der Waals surface area (Å²) in [6.45, 7) is 3.87. The number of rotatable bonds is 10. The van der Waals surface area contributed by atoms with Gasteiger partial charge in [0.2, 0.25) is 11.8 Å². The fourth-order valence-electron chi connectivity index (χ4n) is 6.75. The summed E-state index contributed by atoms with van der Waals surface area (Å²) in [7, 11) is 1.54. The molecule has 2 aliphatic rings. The molecular weight excluding hydrogens is 695 g/mol. The van der Waals surface area contributed by atoms with Gasteiger partial charge in [0, 0.05) is 62.2 Å². The maximum absolute atomic E-state index is 11.4. The number of carboxylic acid groups (broad SMARTS) is 1. The summed E-state index contributed by atoms with van der Waals surface area (Å²) in [5, 5.41) is 38.8. The maximum atomic E-state index is 11.4. The Morgan fingerprint density at radius 3 is 2.41 bits per heavy atom. The number of aromatic nitrogens is 4. The molecule has 0 unspecified atom stereocenters. The maximum Gasteiger partial charge on any atom is 0.307 e. The quantitative estimate of drug-likeness (QED) is 0.175. The molecule has 0 aliphatic carbocycles. The van der Waals surface area contributed by atoms with Crippen molar-refractivity contribution in [3.05, 3.63) is 75.6 Å². The van der Waals surface area contributed by atoms with Crippen LogP contribution in [0, 0.1) is 22.7 Å². The van der Waals surface area contributed by atoms with Gasteiger partial charge in [0.05, 0.1) is 46.6 Å². The lowest BCUT2D eigenvalue weighted by molar-refractivity contribution is -0.141. The van der Waals surface area contributed by atoms with Gasteiger partial charge < -0.3 is 28.8 Å². The normalized spacial score (nSPS) is 18.0. The minimum atomic E-state index is -0.802. The summed E-state index contributed by atoms with van der Waals surface area (Å²) in [6, 6.07) is 13.1. The number of aliphatic carboxylic acids is 1. The fourth-order valence-corrected chi connectivity index (χ4v) is 7.38. The Labute approximate surface area is 302 Å². The predicted octanol–water partition coefficient (Wildman–Crippen LogP) is 5.06. The third-order valence-corrected chi connectivity index (χ3v) is 10.3. The van der Waals surface area contributed by atoms with Crippen molar-refractivity contribution in [2.45, 2.75) is 32.0 Å². The van der Waals surface area contributed by atoms with Gasteiger partial charge in [-0.05, 0) is 25.5 Å². The zero-order valence-corrected chi connectivity index (χ0v) is 29.2. The van der Waals surface area contributed by atoms with E-state index in [0.717, 1.165) is 13.0 Å². The Hall–Kier alpha value is -4.84. The first kappa shape index (κ1) is 34.6. The Bertz CT molecular complexity index is 2250. The number of nitrogens with zero attached hydrogens (tertiary/aromatic N) is 7. The highest BCUT2D eigenvalue weighted by Gasteiger charge is 2.28. The fraction of sp³-hybridized carbons (Fsp3) is 0.333. The van der Waals surface area contributed by atoms with Crippen LogP contribution in [-0.2, 0) is 17.9 Å². The highest BCUT2D eigenvalue weighted by molar-refractivity contribution is 6.39. The van der Waals surface area contributed by atoms with E-state index in [1.165, 1.54) is 0 Å². The number of methoxy groups -OCH3 is 1. The molecule has 0 bridgehead atoms. The lowest BCUT2D eigenvalue weighted by Crippen LogP contribution is -2.30. The van der Waals surface area contributed by atoms with E-state index in [0.29, 0.717) is 95.3 Å². The highest BCUT2D eigenvalue weighted by Crippen LogP contribution is 2.42. The molecule has 2 fully saturated rings. The molecule has 15 heteroatoms. The number of halogens is 2. The first-order valence-corrected chi connectivity index (χ1v) is 17.2. The number of carbonyl (C=O) groups is 1. The molecule has 0 amide bonds. The van der Waals surface area contributed by atoms with E-state index in [9.17, 15) is 20.3 Å². The van der Waals surface area contributed by atoms with Crippen molar-refractivity contribution in [3.8, 4) is 45.8 Å². The van der Waals surface area contributed by atoms with Crippen LogP contribution in [0.25, 0.3) is 44.9 Å². The third kappa shape index (κ3) is 6.81. The average molecular weight is 730 g/mol. The standard InChI is InChI=1S/C36H34Cl2N8O5/c1-50-35-28(19-45-11-9-22(47)18-45)41-15-27(42-35)25-6-2-4-23(29(25)37)24-5-3-7-26(30(24)38)34-43-31-32(51-34)21(14-39)17-46(33(31)40)13-12-44-10-8-20(16-44)36(48)49/h2-7,15,17,20,22,40,47H,8-13,16,18-19H2,1H3,(H,48,49)/t20-,22-/m1/s1. The van der Waals surface area contributed by atoms with E-state index in [-0.39, 0.29) is 34.1 Å². The number of carboxylic acids is 1. The number of pyridine rings is 1. The molecule has 2 atom stereocenters. The molecule has 0 saturated carbocycles. The molecule has 0 radical (unpaired) electrons. The molecule has 51 heavy (non-hydrogen) atoms. The number of likely N-dealkylation sites (tertiary alicyclic amines) is 2. The first-order chi connectivity index (χ1) is 24.6. The van der Waals surface area contributed by atoms with E-state index in [2.05, 4.69) is 20.9 Å². The summed E-state index contributed by atoms with van der Waals surface area (Å²) < 4.78 is 13.3. The van der Waals surface area contributed by atoms with Crippen LogP contribution in [0.2, 0.25) is 10.0 Å². The van der Waals surface area contributed by atoms with Crippen LogP contribution in [0.15, 0.2) is 53.2 Å². The summed E-state index contributed by atoms with van der Waals surface area (Å²) in [4.78, 5) is 29.5. The Morgan fingerprint density at radius 1 is 1.04 bits per heavy atom. The molecule has 2 aliphatic heterocycles. The number of aliphatic hydroxyl groups excluding tert-OH is 1. The van der Waals surface area contributed by atoms with Gasteiger partial charge in [0.15, 0.2) is 16.6 Å². The summed E-state index contributed by atoms with van der Waals surface area (Å²) in [5.74, 6) is -0.680. The van der Waals surface area contributed by atoms with Crippen LogP contribution >= 0.6 is 23.2 Å². The molecule has 0 spiro atoms. The van der Waals surface area contributed by atoms with Crippen LogP contribution < -0.4 is 10.2 Å². The van der Waals surface area contributed by atoms with Crippen molar-refractivity contribution in [1.82, 2.24) is 29.3 Å². The molecule has 2 saturated heterocycles. The predicted molar refractivity (Wildman–Crippen MR) is 189 cm³/mol. The van der Waals surface area contributed by atoms with Crippen molar-refractivity contribution in [3.63, 3.8) is 0 Å². The Balaban J connectivity index is 1.19. The number of ether oxygens (including phenoxy) is 1. The van der Waals surface area contributed by atoms with Gasteiger partial charge in [-0.15, -0.1) is 0 Å². The van der Waals surface area contributed by atoms with E-state index < -0.39 is 11.9 Å². The van der Waals surface area contributed by atoms with E-state index in [1.807, 2.05) is 29.2 Å². The molecule has 5 heterocycles. The van der Waals surface area contributed by atoms with Crippen molar-refractivity contribution in [2.24, 2.45) is 5.92 Å². The van der Waals surface area contributed by atoms with E-state index in [4.69, 9.17) is 42.7 Å². The molecule has 5 aromatic rings. The van der Waals surface area contributed by atoms with Crippen molar-refractivity contribution >= 4 is 40.3 Å². The summed E-state index contributed by atoms with van der Waals surface area (Å²) in [5.41, 5.74) is 4.18. The topological polar surface area (TPSA) is 178 Å². The van der Waals surface area contributed by atoms with Gasteiger partial charge >= 0.3 is 5.97 Å². The number of benzene rings is 2. The molecule has 3 N–H and O–H groups in total. The van der Waals surface area contributed by atoms with Crippen molar-refractivity contribution in [1.29, 1.82) is 10.7 Å². The summed E-state index contributed by atoms with van der Waals surface area (Å²) in [6.07, 6.45) is 4.18. The van der Waals surface area contributed by atoms with Gasteiger partial charge in [0.25, 0.3) is 0 Å². The molecule has 262 valence electrons. The average Bonchev–Trinajstić information content (AvgIpc) is 3.89. The highest BCUT2D eigenvalue weighted by atomic mass is 35.5. The first-order valence-electron chi connectivity index (χ1n) is 16.5. The second-order valence-corrected chi connectivity index (χ2v) is 13.5. The lowest BCUT2D eigenvalue weighted by Gasteiger charge is -2.17. The number of hydrogen-bond donors (Lipinski definition) is 3. The SMILES string of the molecule is COc1nc(-c2cccc(-c3cccc(-c4nc5c(=N)n(CCN6CC[C@@H](C(=O)O)C6)cc(C#N)c5o4)c3Cl)c2Cl)cnc1CN1CC[C@@H](O)C1. The Morgan fingerprint density at radius 2 is 1.75 bits per heavy atom. The van der Waals surface area contributed by atoms with Gasteiger partial charge in [-0.1, -0.05) is 53.5 Å². The number of fused-ring (bicyclic) bond motifs is 1. The van der Waals surface area contributed by atoms with Gasteiger partial charge in [-0.25, -0.2) is 9.97 Å².